The van der Waals surface area contributed by atoms with Gasteiger partial charge in [0.25, 0.3) is 0 Å². The van der Waals surface area contributed by atoms with Crippen molar-refractivity contribution in [2.75, 3.05) is 20.3 Å². The Kier molecular flexibility index (Phi) is 6.67. The maximum atomic E-state index is 9.84. The number of para-hydroxylation sites is 1. The van der Waals surface area contributed by atoms with E-state index in [9.17, 15) is 5.11 Å². The molecule has 17 heavy (non-hydrogen) atoms. The largest absolute Gasteiger partial charge is 0.496 e. The standard InChI is InChI=1S/C14H22O3/c1-3-4-9-17-11-13(15)10-12-7-5-6-8-14(12)16-2/h5-8,13,15H,3-4,9-11H2,1-2H3/t13-/m1/s1. The number of aliphatic hydroxyl groups is 1. The van der Waals surface area contributed by atoms with E-state index in [1.54, 1.807) is 7.11 Å². The van der Waals surface area contributed by atoms with Gasteiger partial charge in [0.05, 0.1) is 19.8 Å². The quantitative estimate of drug-likeness (QED) is 0.707. The van der Waals surface area contributed by atoms with Gasteiger partial charge in [0.15, 0.2) is 0 Å². The van der Waals surface area contributed by atoms with Crippen LogP contribution in [-0.4, -0.2) is 31.5 Å². The molecule has 0 spiro atoms. The number of unbranched alkanes of at least 4 members (excludes halogenated alkanes) is 1. The summed E-state index contributed by atoms with van der Waals surface area (Å²) in [6.45, 7) is 3.23. The van der Waals surface area contributed by atoms with Crippen LogP contribution >= 0.6 is 0 Å². The molecule has 0 aromatic heterocycles. The molecule has 0 aliphatic heterocycles. The summed E-state index contributed by atoms with van der Waals surface area (Å²) in [4.78, 5) is 0. The Bertz CT molecular complexity index is 312. The van der Waals surface area contributed by atoms with Crippen LogP contribution in [-0.2, 0) is 11.2 Å². The summed E-state index contributed by atoms with van der Waals surface area (Å²) in [5.41, 5.74) is 1.02. The predicted octanol–water partition coefficient (Wildman–Crippen LogP) is 2.42. The van der Waals surface area contributed by atoms with Crippen LogP contribution in [0.1, 0.15) is 25.3 Å². The smallest absolute Gasteiger partial charge is 0.122 e. The first-order valence-electron chi connectivity index (χ1n) is 6.15. The van der Waals surface area contributed by atoms with Gasteiger partial charge in [-0.05, 0) is 18.1 Å². The van der Waals surface area contributed by atoms with Crippen molar-refractivity contribution in [2.24, 2.45) is 0 Å². The lowest BCUT2D eigenvalue weighted by Gasteiger charge is -2.13. The fourth-order valence-corrected chi connectivity index (χ4v) is 1.65. The lowest BCUT2D eigenvalue weighted by atomic mass is 10.1. The number of rotatable bonds is 8. The molecular formula is C14H22O3. The molecule has 96 valence electrons. The van der Waals surface area contributed by atoms with Crippen LogP contribution in [0.3, 0.4) is 0 Å². The van der Waals surface area contributed by atoms with Gasteiger partial charge in [-0.3, -0.25) is 0 Å². The summed E-state index contributed by atoms with van der Waals surface area (Å²) in [5.74, 6) is 0.820. The number of ether oxygens (including phenoxy) is 2. The van der Waals surface area contributed by atoms with E-state index in [1.165, 1.54) is 0 Å². The fourth-order valence-electron chi connectivity index (χ4n) is 1.65. The van der Waals surface area contributed by atoms with E-state index in [1.807, 2.05) is 24.3 Å². The summed E-state index contributed by atoms with van der Waals surface area (Å²) in [6, 6.07) is 7.74. The molecule has 0 fully saturated rings. The van der Waals surface area contributed by atoms with E-state index in [2.05, 4.69) is 6.92 Å². The number of benzene rings is 1. The van der Waals surface area contributed by atoms with Gasteiger partial charge in [0.2, 0.25) is 0 Å². The number of hydrogen-bond acceptors (Lipinski definition) is 3. The highest BCUT2D eigenvalue weighted by Gasteiger charge is 2.09. The summed E-state index contributed by atoms with van der Waals surface area (Å²) in [6.07, 6.45) is 2.25. The molecule has 0 bridgehead atoms. The molecule has 0 saturated heterocycles. The highest BCUT2D eigenvalue weighted by atomic mass is 16.5. The molecule has 1 rings (SSSR count). The SMILES string of the molecule is CCCCOC[C@H](O)Cc1ccccc1OC. The summed E-state index contributed by atoms with van der Waals surface area (Å²) in [7, 11) is 1.64. The van der Waals surface area contributed by atoms with Crippen molar-refractivity contribution in [3.63, 3.8) is 0 Å². The Labute approximate surface area is 103 Å². The maximum Gasteiger partial charge on any atom is 0.122 e. The fraction of sp³-hybridized carbons (Fsp3) is 0.571. The molecule has 0 unspecified atom stereocenters. The molecule has 0 amide bonds. The van der Waals surface area contributed by atoms with Gasteiger partial charge < -0.3 is 14.6 Å². The average molecular weight is 238 g/mol. The van der Waals surface area contributed by atoms with Crippen molar-refractivity contribution in [3.8, 4) is 5.75 Å². The molecule has 1 N–H and O–H groups in total. The maximum absolute atomic E-state index is 9.84. The number of aliphatic hydroxyl groups excluding tert-OH is 1. The van der Waals surface area contributed by atoms with Crippen LogP contribution in [0.4, 0.5) is 0 Å². The predicted molar refractivity (Wildman–Crippen MR) is 68.4 cm³/mol. The third-order valence-corrected chi connectivity index (χ3v) is 2.60. The molecule has 3 heteroatoms. The van der Waals surface area contributed by atoms with Crippen LogP contribution in [0.15, 0.2) is 24.3 Å². The van der Waals surface area contributed by atoms with E-state index in [0.29, 0.717) is 13.0 Å². The van der Waals surface area contributed by atoms with Crippen LogP contribution < -0.4 is 4.74 Å². The van der Waals surface area contributed by atoms with Crippen molar-refractivity contribution in [1.82, 2.24) is 0 Å². The third kappa shape index (κ3) is 5.20. The lowest BCUT2D eigenvalue weighted by molar-refractivity contribution is 0.0357. The second-order valence-corrected chi connectivity index (χ2v) is 4.10. The third-order valence-electron chi connectivity index (χ3n) is 2.60. The van der Waals surface area contributed by atoms with E-state index in [0.717, 1.165) is 30.8 Å². The van der Waals surface area contributed by atoms with Crippen molar-refractivity contribution < 1.29 is 14.6 Å². The number of methoxy groups -OCH3 is 1. The number of hydrogen-bond donors (Lipinski definition) is 1. The van der Waals surface area contributed by atoms with E-state index >= 15 is 0 Å². The van der Waals surface area contributed by atoms with Gasteiger partial charge in [-0.25, -0.2) is 0 Å². The van der Waals surface area contributed by atoms with Crippen molar-refractivity contribution in [1.29, 1.82) is 0 Å². The minimum absolute atomic E-state index is 0.387. The minimum atomic E-state index is -0.469. The van der Waals surface area contributed by atoms with Crippen molar-refractivity contribution >= 4 is 0 Å². The van der Waals surface area contributed by atoms with Gasteiger partial charge in [-0.2, -0.15) is 0 Å². The van der Waals surface area contributed by atoms with Crippen LogP contribution in [0.25, 0.3) is 0 Å². The van der Waals surface area contributed by atoms with Crippen LogP contribution in [0, 0.1) is 0 Å². The van der Waals surface area contributed by atoms with Crippen molar-refractivity contribution in [3.05, 3.63) is 29.8 Å². The zero-order valence-corrected chi connectivity index (χ0v) is 10.7. The summed E-state index contributed by atoms with van der Waals surface area (Å²) >= 11 is 0. The molecule has 0 heterocycles. The Hall–Kier alpha value is -1.06. The zero-order chi connectivity index (χ0) is 12.5. The van der Waals surface area contributed by atoms with E-state index in [4.69, 9.17) is 9.47 Å². The first-order chi connectivity index (χ1) is 8.27. The highest BCUT2D eigenvalue weighted by Crippen LogP contribution is 2.18. The Morgan fingerprint density at radius 2 is 2.06 bits per heavy atom. The molecule has 0 aliphatic rings. The summed E-state index contributed by atoms with van der Waals surface area (Å²) in [5, 5.41) is 9.84. The van der Waals surface area contributed by atoms with E-state index < -0.39 is 6.10 Å². The van der Waals surface area contributed by atoms with E-state index in [-0.39, 0.29) is 0 Å². The highest BCUT2D eigenvalue weighted by molar-refractivity contribution is 5.33. The zero-order valence-electron chi connectivity index (χ0n) is 10.7. The second kappa shape index (κ2) is 8.09. The molecule has 3 nitrogen and oxygen atoms in total. The topological polar surface area (TPSA) is 38.7 Å². The molecule has 0 aliphatic carbocycles. The molecule has 1 aromatic rings. The van der Waals surface area contributed by atoms with Gasteiger partial charge in [-0.15, -0.1) is 0 Å². The molecule has 0 saturated carbocycles. The molecule has 1 atom stereocenters. The van der Waals surface area contributed by atoms with Gasteiger partial charge in [0.1, 0.15) is 5.75 Å². The molecular weight excluding hydrogens is 216 g/mol. The minimum Gasteiger partial charge on any atom is -0.496 e. The average Bonchev–Trinajstić information content (AvgIpc) is 2.35. The van der Waals surface area contributed by atoms with Crippen molar-refractivity contribution in [2.45, 2.75) is 32.3 Å². The monoisotopic (exact) mass is 238 g/mol. The Balaban J connectivity index is 2.36. The normalized spacial score (nSPS) is 12.4. The first kappa shape index (κ1) is 14.0. The Morgan fingerprint density at radius 3 is 2.76 bits per heavy atom. The Morgan fingerprint density at radius 1 is 1.29 bits per heavy atom. The van der Waals surface area contributed by atoms with Gasteiger partial charge >= 0.3 is 0 Å². The van der Waals surface area contributed by atoms with Gasteiger partial charge in [-0.1, -0.05) is 31.5 Å². The van der Waals surface area contributed by atoms with Gasteiger partial charge in [0, 0.05) is 13.0 Å². The summed E-state index contributed by atoms with van der Waals surface area (Å²) < 4.78 is 10.6. The van der Waals surface area contributed by atoms with Crippen LogP contribution in [0.2, 0.25) is 0 Å². The first-order valence-corrected chi connectivity index (χ1v) is 6.15. The molecule has 1 aromatic carbocycles. The lowest BCUT2D eigenvalue weighted by Crippen LogP contribution is -2.18. The molecule has 0 radical (unpaired) electrons. The second-order valence-electron chi connectivity index (χ2n) is 4.10. The van der Waals surface area contributed by atoms with Crippen LogP contribution in [0.5, 0.6) is 5.75 Å².